The summed E-state index contributed by atoms with van der Waals surface area (Å²) < 4.78 is 33.5. The molecule has 3 aromatic rings. The van der Waals surface area contributed by atoms with Crippen LogP contribution in [0.25, 0.3) is 0 Å². The van der Waals surface area contributed by atoms with Crippen LogP contribution in [0.15, 0.2) is 94.5 Å². The molecule has 2 unspecified atom stereocenters. The normalized spacial score (nSPS) is 16.8. The Hall–Kier alpha value is -3.49. The average molecular weight is 585 g/mol. The van der Waals surface area contributed by atoms with E-state index in [0.29, 0.717) is 5.75 Å². The first-order valence-corrected chi connectivity index (χ1v) is 13.2. The van der Waals surface area contributed by atoms with Gasteiger partial charge in [-0.3, -0.25) is 0 Å². The quantitative estimate of drug-likeness (QED) is 0.223. The fourth-order valence-electron chi connectivity index (χ4n) is 3.97. The number of carbonyl (C=O) groups excluding carboxylic acids is 1. The first kappa shape index (κ1) is 29.5. The first-order chi connectivity index (χ1) is 19.4. The number of hydrogen-bond acceptors (Lipinski definition) is 7. The van der Waals surface area contributed by atoms with Crippen LogP contribution in [0.1, 0.15) is 16.7 Å². The molecule has 4 rings (SSSR count). The van der Waals surface area contributed by atoms with E-state index in [2.05, 4.69) is 0 Å². The molecule has 0 bridgehead atoms. The molecule has 0 amide bonds. The molecule has 0 aliphatic heterocycles. The summed E-state index contributed by atoms with van der Waals surface area (Å²) in [5.41, 5.74) is 2.70. The van der Waals surface area contributed by atoms with Crippen molar-refractivity contribution in [1.29, 1.82) is 0 Å². The van der Waals surface area contributed by atoms with E-state index in [9.17, 15) is 4.79 Å². The van der Waals surface area contributed by atoms with E-state index >= 15 is 0 Å². The van der Waals surface area contributed by atoms with Gasteiger partial charge in [-0.05, 0) is 59.2 Å². The SMILES string of the molecule is COc1ccc(COC(=O)C2=C(Cl)C(OCc3ccc(OC)cc3)C(OCc3ccc(OC)cc3)C(Cl)=C2)cc1. The summed E-state index contributed by atoms with van der Waals surface area (Å²) in [5.74, 6) is 1.56. The van der Waals surface area contributed by atoms with Crippen LogP contribution in [-0.4, -0.2) is 39.5 Å². The molecule has 2 atom stereocenters. The molecular weight excluding hydrogens is 555 g/mol. The Morgan fingerprint density at radius 2 is 1.02 bits per heavy atom. The molecular formula is C31H30Cl2O7. The van der Waals surface area contributed by atoms with E-state index in [1.807, 2.05) is 60.7 Å². The summed E-state index contributed by atoms with van der Waals surface area (Å²) in [6, 6.07) is 22.1. The van der Waals surface area contributed by atoms with Gasteiger partial charge in [0, 0.05) is 0 Å². The van der Waals surface area contributed by atoms with Crippen LogP contribution in [0.4, 0.5) is 0 Å². The van der Waals surface area contributed by atoms with Gasteiger partial charge in [-0.1, -0.05) is 59.6 Å². The van der Waals surface area contributed by atoms with Gasteiger partial charge in [0.2, 0.25) is 0 Å². The highest BCUT2D eigenvalue weighted by Gasteiger charge is 2.36. The number of esters is 1. The number of ether oxygens (including phenoxy) is 6. The molecule has 3 aromatic carbocycles. The molecule has 0 fully saturated rings. The monoisotopic (exact) mass is 584 g/mol. The topological polar surface area (TPSA) is 72.5 Å². The summed E-state index contributed by atoms with van der Waals surface area (Å²) in [7, 11) is 4.80. The molecule has 0 saturated heterocycles. The molecule has 0 aromatic heterocycles. The van der Waals surface area contributed by atoms with Gasteiger partial charge in [0.25, 0.3) is 0 Å². The molecule has 0 saturated carbocycles. The summed E-state index contributed by atoms with van der Waals surface area (Å²) in [6.07, 6.45) is -0.109. The molecule has 0 radical (unpaired) electrons. The predicted molar refractivity (Wildman–Crippen MR) is 153 cm³/mol. The number of carbonyl (C=O) groups is 1. The summed E-state index contributed by atoms with van der Waals surface area (Å²) in [6.45, 7) is 0.491. The van der Waals surface area contributed by atoms with E-state index in [4.69, 9.17) is 51.6 Å². The number of benzene rings is 3. The lowest BCUT2D eigenvalue weighted by molar-refractivity contribution is -0.140. The third kappa shape index (κ3) is 7.58. The van der Waals surface area contributed by atoms with Gasteiger partial charge in [-0.2, -0.15) is 0 Å². The van der Waals surface area contributed by atoms with Crippen molar-refractivity contribution in [2.24, 2.45) is 0 Å². The van der Waals surface area contributed by atoms with Crippen LogP contribution in [0, 0.1) is 0 Å². The van der Waals surface area contributed by atoms with Crippen molar-refractivity contribution in [3.05, 3.63) is 111 Å². The van der Waals surface area contributed by atoms with E-state index in [-0.39, 0.29) is 35.5 Å². The lowest BCUT2D eigenvalue weighted by Gasteiger charge is -2.31. The maximum atomic E-state index is 13.1. The molecule has 9 heteroatoms. The second-order valence-corrected chi connectivity index (χ2v) is 9.72. The molecule has 40 heavy (non-hydrogen) atoms. The van der Waals surface area contributed by atoms with Crippen LogP contribution in [0.5, 0.6) is 17.2 Å². The number of hydrogen-bond donors (Lipinski definition) is 0. The number of rotatable bonds is 12. The van der Waals surface area contributed by atoms with Crippen LogP contribution < -0.4 is 14.2 Å². The molecule has 0 N–H and O–H groups in total. The van der Waals surface area contributed by atoms with E-state index in [1.165, 1.54) is 6.08 Å². The Morgan fingerprint density at radius 1 is 0.625 bits per heavy atom. The zero-order valence-electron chi connectivity index (χ0n) is 22.4. The molecule has 0 spiro atoms. The minimum Gasteiger partial charge on any atom is -0.497 e. The second kappa shape index (κ2) is 14.2. The molecule has 1 aliphatic rings. The minimum atomic E-state index is -0.844. The smallest absolute Gasteiger partial charge is 0.339 e. The van der Waals surface area contributed by atoms with Gasteiger partial charge in [-0.25, -0.2) is 4.79 Å². The number of methoxy groups -OCH3 is 3. The van der Waals surface area contributed by atoms with Crippen molar-refractivity contribution in [2.45, 2.75) is 32.0 Å². The van der Waals surface area contributed by atoms with Gasteiger partial charge in [-0.15, -0.1) is 0 Å². The number of halogens is 2. The summed E-state index contributed by atoms with van der Waals surface area (Å²) in [4.78, 5) is 13.1. The lowest BCUT2D eigenvalue weighted by atomic mass is 10.0. The van der Waals surface area contributed by atoms with Crippen LogP contribution >= 0.6 is 23.2 Å². The Labute approximate surface area is 243 Å². The van der Waals surface area contributed by atoms with E-state index < -0.39 is 18.2 Å². The van der Waals surface area contributed by atoms with Crippen molar-refractivity contribution < 1.29 is 33.2 Å². The highest BCUT2D eigenvalue weighted by Crippen LogP contribution is 2.35. The molecule has 7 nitrogen and oxygen atoms in total. The Morgan fingerprint density at radius 3 is 1.45 bits per heavy atom. The average Bonchev–Trinajstić information content (AvgIpc) is 3.00. The van der Waals surface area contributed by atoms with Crippen molar-refractivity contribution in [3.8, 4) is 17.2 Å². The maximum Gasteiger partial charge on any atom is 0.339 e. The Balaban J connectivity index is 1.51. The maximum absolute atomic E-state index is 13.1. The van der Waals surface area contributed by atoms with E-state index in [1.54, 1.807) is 33.5 Å². The van der Waals surface area contributed by atoms with Crippen molar-refractivity contribution >= 4 is 29.2 Å². The molecule has 1 aliphatic carbocycles. The zero-order valence-corrected chi connectivity index (χ0v) is 23.9. The fourth-order valence-corrected chi connectivity index (χ4v) is 4.56. The van der Waals surface area contributed by atoms with Crippen molar-refractivity contribution in [3.63, 3.8) is 0 Å². The van der Waals surface area contributed by atoms with Gasteiger partial charge in [0.05, 0.1) is 50.2 Å². The Kier molecular flexibility index (Phi) is 10.5. The van der Waals surface area contributed by atoms with Crippen molar-refractivity contribution in [1.82, 2.24) is 0 Å². The zero-order chi connectivity index (χ0) is 28.5. The molecule has 0 heterocycles. The van der Waals surface area contributed by atoms with E-state index in [0.717, 1.165) is 28.2 Å². The van der Waals surface area contributed by atoms with Gasteiger partial charge >= 0.3 is 5.97 Å². The van der Waals surface area contributed by atoms with Crippen molar-refractivity contribution in [2.75, 3.05) is 21.3 Å². The highest BCUT2D eigenvalue weighted by molar-refractivity contribution is 6.35. The Bertz CT molecular complexity index is 1330. The lowest BCUT2D eigenvalue weighted by Crippen LogP contribution is -2.36. The summed E-state index contributed by atoms with van der Waals surface area (Å²) >= 11 is 13.5. The fraction of sp³-hybridized carbons (Fsp3) is 0.258. The van der Waals surface area contributed by atoms with Crippen LogP contribution in [0.3, 0.4) is 0 Å². The largest absolute Gasteiger partial charge is 0.497 e. The second-order valence-electron chi connectivity index (χ2n) is 8.87. The van der Waals surface area contributed by atoms with Crippen LogP contribution in [-0.2, 0) is 38.8 Å². The predicted octanol–water partition coefficient (Wildman–Crippen LogP) is 6.56. The third-order valence-corrected chi connectivity index (χ3v) is 7.01. The van der Waals surface area contributed by atoms with Crippen LogP contribution in [0.2, 0.25) is 0 Å². The highest BCUT2D eigenvalue weighted by atomic mass is 35.5. The first-order valence-electron chi connectivity index (χ1n) is 12.5. The van der Waals surface area contributed by atoms with Gasteiger partial charge < -0.3 is 28.4 Å². The summed E-state index contributed by atoms with van der Waals surface area (Å²) in [5, 5.41) is 0.423. The van der Waals surface area contributed by atoms with Gasteiger partial charge in [0.1, 0.15) is 36.1 Å². The van der Waals surface area contributed by atoms with Gasteiger partial charge in [0.15, 0.2) is 0 Å². The standard InChI is InChI=1S/C31H30Cl2O7/c1-35-23-10-4-20(5-11-23)17-38-29-27(32)16-26(31(34)40-19-22-8-14-25(37-3)15-9-22)28(33)30(29)39-18-21-6-12-24(36-2)13-7-21/h4-16,29-30H,17-19H2,1-3H3. The molecule has 210 valence electrons. The minimum absolute atomic E-state index is 0.0523. The third-order valence-electron chi connectivity index (χ3n) is 6.26.